The van der Waals surface area contributed by atoms with Gasteiger partial charge in [0, 0.05) is 34.5 Å². The molecule has 64 heavy (non-hydrogen) atoms. The molecule has 4 heterocycles. The Kier molecular flexibility index (Phi) is 6.52. The zero-order chi connectivity index (χ0) is 41.7. The lowest BCUT2D eigenvalue weighted by atomic mass is 9.63. The summed E-state index contributed by atoms with van der Waals surface area (Å²) in [6.45, 7) is 0. The molecule has 0 fully saturated rings. The Morgan fingerprint density at radius 1 is 0.312 bits per heavy atom. The minimum Gasteiger partial charge on any atom is -0.310 e. The Morgan fingerprint density at radius 2 is 0.828 bits per heavy atom. The van der Waals surface area contributed by atoms with Crippen LogP contribution in [0.15, 0.2) is 219 Å². The third kappa shape index (κ3) is 3.97. The van der Waals surface area contributed by atoms with E-state index in [2.05, 4.69) is 216 Å². The molecule has 0 bridgehead atoms. The second kappa shape index (κ2) is 12.2. The number of pyridine rings is 2. The molecule has 4 nitrogen and oxygen atoms in total. The molecule has 0 atom stereocenters. The van der Waals surface area contributed by atoms with E-state index >= 15 is 0 Å². The van der Waals surface area contributed by atoms with Crippen molar-refractivity contribution in [3.63, 3.8) is 0 Å². The number of hydrogen-bond acceptors (Lipinski definition) is 3. The third-order valence-electron chi connectivity index (χ3n) is 14.9. The standard InChI is InChI=1S/C60H36N4/c1-2-16-37(17-3-1)63-55-29-13-10-24-47(55)60(48-25-14-32-61-57(48)58-49(60)26-15-33-62-58)52-35-44-41-31-30-38(64-53-27-11-6-20-42(53)43-21-7-12-28-54(43)64)34-50(41)59(51(44)36-56(52)63)45-22-8-4-18-39(45)40-19-5-9-23-46(40)59/h1-36H. The Balaban J connectivity index is 1.12. The van der Waals surface area contributed by atoms with Crippen molar-refractivity contribution >= 4 is 38.9 Å². The zero-order valence-electron chi connectivity index (χ0n) is 34.6. The van der Waals surface area contributed by atoms with Crippen molar-refractivity contribution in [2.75, 3.05) is 4.90 Å². The number of nitrogens with zero attached hydrogens (tertiary/aromatic N) is 4. The van der Waals surface area contributed by atoms with Gasteiger partial charge in [-0.2, -0.15) is 0 Å². The van der Waals surface area contributed by atoms with Gasteiger partial charge in [0.1, 0.15) is 0 Å². The second-order valence-corrected chi connectivity index (χ2v) is 17.6. The van der Waals surface area contributed by atoms with Gasteiger partial charge in [0.15, 0.2) is 0 Å². The molecule has 3 aliphatic carbocycles. The number of benzene rings is 8. The van der Waals surface area contributed by atoms with E-state index in [9.17, 15) is 0 Å². The summed E-state index contributed by atoms with van der Waals surface area (Å²) in [7, 11) is 0. The van der Waals surface area contributed by atoms with Crippen molar-refractivity contribution in [3.05, 3.63) is 263 Å². The number of aromatic nitrogens is 3. The molecule has 296 valence electrons. The van der Waals surface area contributed by atoms with E-state index in [0.717, 1.165) is 45.3 Å². The maximum absolute atomic E-state index is 5.09. The van der Waals surface area contributed by atoms with E-state index in [1.54, 1.807) is 0 Å². The SMILES string of the molecule is c1ccc(N2c3ccccc3C3(c4cc5c(cc42)C2(c4ccccc4-c4ccccc42)c2cc(-n4c6ccccc6c6ccccc64)ccc2-5)c2cccnc2-c2ncccc23)cc1. The van der Waals surface area contributed by atoms with E-state index in [1.165, 1.54) is 77.4 Å². The molecule has 0 saturated carbocycles. The molecule has 0 N–H and O–H groups in total. The fourth-order valence-electron chi connectivity index (χ4n) is 12.6. The predicted molar refractivity (Wildman–Crippen MR) is 258 cm³/mol. The first kappa shape index (κ1) is 34.3. The van der Waals surface area contributed by atoms with Crippen molar-refractivity contribution in [1.29, 1.82) is 0 Å². The Morgan fingerprint density at radius 3 is 1.50 bits per heavy atom. The number of para-hydroxylation sites is 4. The average molecular weight is 813 g/mol. The van der Waals surface area contributed by atoms with Crippen LogP contribution < -0.4 is 4.90 Å². The van der Waals surface area contributed by atoms with Crippen LogP contribution in [0, 0.1) is 0 Å². The van der Waals surface area contributed by atoms with Crippen molar-refractivity contribution in [1.82, 2.24) is 14.5 Å². The number of rotatable bonds is 2. The normalized spacial score (nSPS) is 14.8. The van der Waals surface area contributed by atoms with Crippen molar-refractivity contribution in [2.24, 2.45) is 0 Å². The molecule has 8 aromatic carbocycles. The number of hydrogen-bond donors (Lipinski definition) is 0. The first-order valence-corrected chi connectivity index (χ1v) is 22.2. The molecule has 11 aromatic rings. The summed E-state index contributed by atoms with van der Waals surface area (Å²) in [6, 6.07) is 77.0. The Labute approximate surface area is 370 Å². The van der Waals surface area contributed by atoms with Crippen molar-refractivity contribution in [2.45, 2.75) is 10.8 Å². The lowest BCUT2D eigenvalue weighted by molar-refractivity contribution is 0.744. The topological polar surface area (TPSA) is 34.0 Å². The van der Waals surface area contributed by atoms with Gasteiger partial charge in [-0.05, 0) is 133 Å². The molecule has 0 amide bonds. The summed E-state index contributed by atoms with van der Waals surface area (Å²) >= 11 is 0. The fraction of sp³-hybridized carbons (Fsp3) is 0.0333. The highest BCUT2D eigenvalue weighted by Gasteiger charge is 2.57. The van der Waals surface area contributed by atoms with Gasteiger partial charge in [-0.3, -0.25) is 9.97 Å². The van der Waals surface area contributed by atoms with Gasteiger partial charge in [-0.25, -0.2) is 0 Å². The molecule has 2 spiro atoms. The summed E-state index contributed by atoms with van der Waals surface area (Å²) in [6.07, 6.45) is 3.82. The van der Waals surface area contributed by atoms with Crippen LogP contribution in [0.25, 0.3) is 61.1 Å². The fourth-order valence-corrected chi connectivity index (χ4v) is 12.6. The smallest absolute Gasteiger partial charge is 0.0937 e. The molecule has 0 unspecified atom stereocenters. The average Bonchev–Trinajstić information content (AvgIpc) is 4.05. The highest BCUT2D eigenvalue weighted by atomic mass is 15.2. The number of anilines is 3. The van der Waals surface area contributed by atoms with E-state index < -0.39 is 10.8 Å². The summed E-state index contributed by atoms with van der Waals surface area (Å²) in [4.78, 5) is 12.7. The van der Waals surface area contributed by atoms with Crippen LogP contribution in [0.3, 0.4) is 0 Å². The van der Waals surface area contributed by atoms with Gasteiger partial charge in [0.2, 0.25) is 0 Å². The summed E-state index contributed by atoms with van der Waals surface area (Å²) < 4.78 is 2.47. The van der Waals surface area contributed by atoms with Crippen LogP contribution in [0.5, 0.6) is 0 Å². The molecule has 1 aliphatic heterocycles. The zero-order valence-corrected chi connectivity index (χ0v) is 34.6. The van der Waals surface area contributed by atoms with Crippen LogP contribution in [0.4, 0.5) is 17.1 Å². The minimum atomic E-state index is -0.677. The van der Waals surface area contributed by atoms with Gasteiger partial charge in [-0.1, -0.05) is 140 Å². The summed E-state index contributed by atoms with van der Waals surface area (Å²) in [5.41, 5.74) is 22.7. The van der Waals surface area contributed by atoms with Crippen LogP contribution in [-0.4, -0.2) is 14.5 Å². The lowest BCUT2D eigenvalue weighted by Crippen LogP contribution is -2.37. The van der Waals surface area contributed by atoms with Crippen LogP contribution in [0.1, 0.15) is 44.5 Å². The van der Waals surface area contributed by atoms with Gasteiger partial charge in [-0.15, -0.1) is 0 Å². The monoisotopic (exact) mass is 812 g/mol. The molecule has 0 radical (unpaired) electrons. The molecule has 15 rings (SSSR count). The largest absolute Gasteiger partial charge is 0.310 e. The molecular formula is C60H36N4. The molecule has 3 aromatic heterocycles. The maximum atomic E-state index is 5.09. The van der Waals surface area contributed by atoms with Gasteiger partial charge in [0.05, 0.1) is 44.6 Å². The summed E-state index contributed by atoms with van der Waals surface area (Å²) in [5.74, 6) is 0. The van der Waals surface area contributed by atoms with E-state index in [0.29, 0.717) is 0 Å². The molecule has 4 heteroatoms. The molecule has 0 saturated heterocycles. The highest BCUT2D eigenvalue weighted by molar-refractivity contribution is 6.09. The van der Waals surface area contributed by atoms with Gasteiger partial charge >= 0.3 is 0 Å². The first-order valence-electron chi connectivity index (χ1n) is 22.2. The quantitative estimate of drug-likeness (QED) is 0.174. The number of fused-ring (bicyclic) bond motifs is 22. The van der Waals surface area contributed by atoms with E-state index in [-0.39, 0.29) is 0 Å². The predicted octanol–water partition coefficient (Wildman–Crippen LogP) is 14.1. The lowest BCUT2D eigenvalue weighted by Gasteiger charge is -2.45. The third-order valence-corrected chi connectivity index (χ3v) is 14.9. The minimum absolute atomic E-state index is 0.595. The maximum Gasteiger partial charge on any atom is 0.0937 e. The first-order chi connectivity index (χ1) is 31.8. The Hall–Kier alpha value is -8.34. The second-order valence-electron chi connectivity index (χ2n) is 17.6. The van der Waals surface area contributed by atoms with E-state index in [4.69, 9.17) is 9.97 Å². The van der Waals surface area contributed by atoms with Crippen LogP contribution >= 0.6 is 0 Å². The molecular weight excluding hydrogens is 777 g/mol. The summed E-state index contributed by atoms with van der Waals surface area (Å²) in [5, 5.41) is 2.51. The molecule has 4 aliphatic rings. The van der Waals surface area contributed by atoms with Crippen molar-refractivity contribution < 1.29 is 0 Å². The van der Waals surface area contributed by atoms with Crippen LogP contribution in [-0.2, 0) is 10.8 Å². The Bertz CT molecular complexity index is 3680. The van der Waals surface area contributed by atoms with Gasteiger partial charge in [0.25, 0.3) is 0 Å². The van der Waals surface area contributed by atoms with Gasteiger partial charge < -0.3 is 9.47 Å². The van der Waals surface area contributed by atoms with Crippen molar-refractivity contribution in [3.8, 4) is 39.3 Å². The van der Waals surface area contributed by atoms with E-state index in [1.807, 2.05) is 12.4 Å². The van der Waals surface area contributed by atoms with Crippen LogP contribution in [0.2, 0.25) is 0 Å². The highest BCUT2D eigenvalue weighted by Crippen LogP contribution is 2.68.